The van der Waals surface area contributed by atoms with E-state index in [1.54, 1.807) is 6.07 Å². The maximum Gasteiger partial charge on any atom is 0.265 e. The van der Waals surface area contributed by atoms with Crippen molar-refractivity contribution in [2.75, 3.05) is 43.2 Å². The first-order valence-corrected chi connectivity index (χ1v) is 14.6. The van der Waals surface area contributed by atoms with Crippen LogP contribution in [0.3, 0.4) is 0 Å². The van der Waals surface area contributed by atoms with Crippen molar-refractivity contribution in [2.24, 2.45) is 5.92 Å². The first-order chi connectivity index (χ1) is 17.6. The van der Waals surface area contributed by atoms with Gasteiger partial charge in [0, 0.05) is 16.8 Å². The van der Waals surface area contributed by atoms with E-state index in [0.717, 1.165) is 10.1 Å². The summed E-state index contributed by atoms with van der Waals surface area (Å²) in [5.74, 6) is 1.48. The lowest BCUT2D eigenvalue weighted by molar-refractivity contribution is -0.114. The van der Waals surface area contributed by atoms with Crippen molar-refractivity contribution in [3.05, 3.63) is 41.4 Å². The number of nitrogens with one attached hydrogen (secondary N) is 1. The van der Waals surface area contributed by atoms with E-state index >= 15 is 0 Å². The minimum atomic E-state index is -4.30. The van der Waals surface area contributed by atoms with E-state index < -0.39 is 22.5 Å². The lowest BCUT2D eigenvalue weighted by Gasteiger charge is -2.26. The molecule has 10 nitrogen and oxygen atoms in total. The first-order valence-electron chi connectivity index (χ1n) is 10.9. The maximum atomic E-state index is 13.8. The number of thioether (sulfide) groups is 1. The average Bonchev–Trinajstić information content (AvgIpc) is 3.32. The molecule has 0 spiro atoms. The molecule has 14 heteroatoms. The van der Waals surface area contributed by atoms with E-state index in [1.165, 1.54) is 74.8 Å². The molecule has 3 aromatic rings. The van der Waals surface area contributed by atoms with Crippen LogP contribution in [-0.4, -0.2) is 58.1 Å². The van der Waals surface area contributed by atoms with E-state index in [9.17, 15) is 13.2 Å². The standard InChI is InChI=1S/C23H27ClN4O6S3/c1-14(2)13-35-23-27-26-22(36-23)25-21(29)12-28(17-10-15(24)6-8-18(17)32-3)37(30,31)16-7-9-19(33-4)20(11-16)34-5/h6-11,14H,12-13H2,1-5H3,(H,25,26,29). The molecule has 0 aliphatic heterocycles. The van der Waals surface area contributed by atoms with Gasteiger partial charge in [-0.25, -0.2) is 8.42 Å². The molecule has 0 bridgehead atoms. The van der Waals surface area contributed by atoms with Gasteiger partial charge in [0.05, 0.1) is 31.9 Å². The normalized spacial score (nSPS) is 11.3. The Bertz CT molecular complexity index is 1350. The van der Waals surface area contributed by atoms with Gasteiger partial charge in [0.25, 0.3) is 10.0 Å². The summed E-state index contributed by atoms with van der Waals surface area (Å²) in [5.41, 5.74) is 0.0883. The summed E-state index contributed by atoms with van der Waals surface area (Å²) in [5, 5.41) is 11.2. The van der Waals surface area contributed by atoms with Gasteiger partial charge in [0.2, 0.25) is 11.0 Å². The van der Waals surface area contributed by atoms with Crippen LogP contribution in [0.15, 0.2) is 45.6 Å². The SMILES string of the molecule is COc1ccc(S(=O)(=O)N(CC(=O)Nc2nnc(SCC(C)C)s2)c2cc(Cl)ccc2OC)cc1OC. The van der Waals surface area contributed by atoms with Gasteiger partial charge in [-0.15, -0.1) is 10.2 Å². The van der Waals surface area contributed by atoms with Crippen LogP contribution in [0, 0.1) is 5.92 Å². The zero-order valence-corrected chi connectivity index (χ0v) is 24.1. The highest BCUT2D eigenvalue weighted by Crippen LogP contribution is 2.37. The van der Waals surface area contributed by atoms with Gasteiger partial charge < -0.3 is 14.2 Å². The van der Waals surface area contributed by atoms with Crippen LogP contribution in [0.2, 0.25) is 5.02 Å². The number of carbonyl (C=O) groups excluding carboxylic acids is 1. The lowest BCUT2D eigenvalue weighted by Crippen LogP contribution is -2.38. The zero-order chi connectivity index (χ0) is 27.2. The van der Waals surface area contributed by atoms with Crippen LogP contribution in [0.1, 0.15) is 13.8 Å². The molecule has 0 saturated heterocycles. The molecule has 1 aromatic heterocycles. The molecule has 0 saturated carbocycles. The Morgan fingerprint density at radius 1 is 1.05 bits per heavy atom. The van der Waals surface area contributed by atoms with Crippen molar-refractivity contribution < 1.29 is 27.4 Å². The Balaban J connectivity index is 1.97. The van der Waals surface area contributed by atoms with Crippen LogP contribution < -0.4 is 23.8 Å². The highest BCUT2D eigenvalue weighted by Gasteiger charge is 2.31. The fourth-order valence-electron chi connectivity index (χ4n) is 3.11. The molecule has 0 aliphatic rings. The predicted octanol–water partition coefficient (Wildman–Crippen LogP) is 4.80. The molecule has 37 heavy (non-hydrogen) atoms. The number of nitrogens with zero attached hydrogens (tertiary/aromatic N) is 3. The number of sulfonamides is 1. The second-order valence-electron chi connectivity index (χ2n) is 7.97. The Morgan fingerprint density at radius 3 is 2.38 bits per heavy atom. The van der Waals surface area contributed by atoms with Crippen molar-refractivity contribution in [2.45, 2.75) is 23.1 Å². The van der Waals surface area contributed by atoms with E-state index in [4.69, 9.17) is 25.8 Å². The third kappa shape index (κ3) is 7.18. The Morgan fingerprint density at radius 2 is 1.73 bits per heavy atom. The highest BCUT2D eigenvalue weighted by atomic mass is 35.5. The number of halogens is 1. The van der Waals surface area contributed by atoms with Gasteiger partial charge in [0.1, 0.15) is 12.3 Å². The fraction of sp³-hybridized carbons (Fsp3) is 0.348. The number of anilines is 2. The Kier molecular flexibility index (Phi) is 9.87. The third-order valence-corrected chi connectivity index (χ3v) is 9.22. The highest BCUT2D eigenvalue weighted by molar-refractivity contribution is 8.01. The second-order valence-corrected chi connectivity index (χ2v) is 12.5. The smallest absolute Gasteiger partial charge is 0.265 e. The Hall–Kier alpha value is -2.74. The lowest BCUT2D eigenvalue weighted by atomic mass is 10.3. The second kappa shape index (κ2) is 12.7. The number of benzene rings is 2. The van der Waals surface area contributed by atoms with Gasteiger partial charge in [0.15, 0.2) is 15.8 Å². The van der Waals surface area contributed by atoms with Crippen LogP contribution in [0.25, 0.3) is 0 Å². The molecule has 200 valence electrons. The first kappa shape index (κ1) is 28.8. The van der Waals surface area contributed by atoms with Crippen LogP contribution >= 0.6 is 34.7 Å². The number of hydrogen-bond acceptors (Lipinski definition) is 10. The largest absolute Gasteiger partial charge is 0.495 e. The van der Waals surface area contributed by atoms with Gasteiger partial charge in [-0.3, -0.25) is 14.4 Å². The molecular weight excluding hydrogens is 560 g/mol. The summed E-state index contributed by atoms with van der Waals surface area (Å²) in [6.07, 6.45) is 0. The van der Waals surface area contributed by atoms with Crippen molar-refractivity contribution in [3.8, 4) is 17.2 Å². The number of hydrogen-bond donors (Lipinski definition) is 1. The molecule has 2 aromatic carbocycles. The molecule has 3 rings (SSSR count). The van der Waals surface area contributed by atoms with Crippen LogP contribution in [0.5, 0.6) is 17.2 Å². The summed E-state index contributed by atoms with van der Waals surface area (Å²) in [6, 6.07) is 8.65. The van der Waals surface area contributed by atoms with E-state index in [2.05, 4.69) is 29.4 Å². The molecule has 0 aliphatic carbocycles. The van der Waals surface area contributed by atoms with E-state index in [1.807, 2.05) is 0 Å². The molecule has 0 unspecified atom stereocenters. The molecule has 1 amide bonds. The van der Waals surface area contributed by atoms with Gasteiger partial charge in [-0.05, 0) is 36.2 Å². The van der Waals surface area contributed by atoms with Crippen LogP contribution in [0.4, 0.5) is 10.8 Å². The number of amides is 1. The molecule has 0 fully saturated rings. The minimum absolute atomic E-state index is 0.0883. The van der Waals surface area contributed by atoms with Crippen molar-refractivity contribution in [1.29, 1.82) is 0 Å². The summed E-state index contributed by atoms with van der Waals surface area (Å²) < 4.78 is 45.2. The monoisotopic (exact) mass is 586 g/mol. The zero-order valence-electron chi connectivity index (χ0n) is 20.8. The predicted molar refractivity (Wildman–Crippen MR) is 146 cm³/mol. The summed E-state index contributed by atoms with van der Waals surface area (Å²) >= 11 is 8.94. The maximum absolute atomic E-state index is 13.8. The molecule has 1 heterocycles. The fourth-order valence-corrected chi connectivity index (χ4v) is 6.46. The quantitative estimate of drug-likeness (QED) is 0.236. The topological polar surface area (TPSA) is 120 Å². The third-order valence-electron chi connectivity index (χ3n) is 4.83. The number of aromatic nitrogens is 2. The molecular formula is C23H27ClN4O6S3. The van der Waals surface area contributed by atoms with E-state index in [-0.39, 0.29) is 32.2 Å². The van der Waals surface area contributed by atoms with Crippen LogP contribution in [-0.2, 0) is 14.8 Å². The van der Waals surface area contributed by atoms with E-state index in [0.29, 0.717) is 16.0 Å². The average molecular weight is 587 g/mol. The number of ether oxygens (including phenoxy) is 3. The Labute approximate surface area is 229 Å². The van der Waals surface area contributed by atoms with Gasteiger partial charge in [-0.1, -0.05) is 48.5 Å². The van der Waals surface area contributed by atoms with Crippen molar-refractivity contribution in [3.63, 3.8) is 0 Å². The number of rotatable bonds is 12. The number of methoxy groups -OCH3 is 3. The van der Waals surface area contributed by atoms with Gasteiger partial charge in [-0.2, -0.15) is 0 Å². The molecule has 0 radical (unpaired) electrons. The molecule has 0 atom stereocenters. The summed E-state index contributed by atoms with van der Waals surface area (Å²) in [6.45, 7) is 3.60. The van der Waals surface area contributed by atoms with Gasteiger partial charge >= 0.3 is 0 Å². The summed E-state index contributed by atoms with van der Waals surface area (Å²) in [4.78, 5) is 12.9. The van der Waals surface area contributed by atoms with Crippen molar-refractivity contribution in [1.82, 2.24) is 10.2 Å². The molecule has 1 N–H and O–H groups in total. The summed E-state index contributed by atoms with van der Waals surface area (Å²) in [7, 11) is -0.0631. The minimum Gasteiger partial charge on any atom is -0.495 e. The number of carbonyl (C=O) groups is 1. The van der Waals surface area contributed by atoms with Crippen molar-refractivity contribution >= 4 is 61.4 Å².